The molecule has 1 heterocycles. The van der Waals surface area contributed by atoms with E-state index in [0.717, 1.165) is 5.56 Å². The van der Waals surface area contributed by atoms with Crippen molar-refractivity contribution in [1.29, 1.82) is 0 Å². The average molecular weight is 247 g/mol. The van der Waals surface area contributed by atoms with Gasteiger partial charge in [0.05, 0.1) is 6.61 Å². The van der Waals surface area contributed by atoms with Crippen molar-refractivity contribution in [3.8, 4) is 0 Å². The summed E-state index contributed by atoms with van der Waals surface area (Å²) in [5.74, 6) is -0.162. The predicted molar refractivity (Wildman–Crippen MR) is 66.8 cm³/mol. The number of nitrogens with zero attached hydrogens (tertiary/aromatic N) is 1. The van der Waals surface area contributed by atoms with Crippen molar-refractivity contribution < 1.29 is 14.3 Å². The van der Waals surface area contributed by atoms with E-state index < -0.39 is 6.23 Å². The molecule has 1 aliphatic heterocycles. The number of amides is 1. The van der Waals surface area contributed by atoms with Crippen LogP contribution in [0.15, 0.2) is 30.3 Å². The Morgan fingerprint density at radius 1 is 1.50 bits per heavy atom. The summed E-state index contributed by atoms with van der Waals surface area (Å²) in [4.78, 5) is 24.5. The molecule has 4 heteroatoms. The minimum atomic E-state index is -0.698. The Hall–Kier alpha value is -1.68. The highest BCUT2D eigenvalue weighted by Gasteiger charge is 2.31. The van der Waals surface area contributed by atoms with Crippen molar-refractivity contribution in [3.63, 3.8) is 0 Å². The zero-order valence-corrected chi connectivity index (χ0v) is 10.4. The van der Waals surface area contributed by atoms with Crippen molar-refractivity contribution in [2.75, 3.05) is 13.2 Å². The number of benzene rings is 1. The molecule has 0 saturated carbocycles. The molecule has 4 nitrogen and oxygen atoms in total. The second-order valence-corrected chi connectivity index (χ2v) is 4.52. The van der Waals surface area contributed by atoms with Crippen LogP contribution in [-0.4, -0.2) is 36.5 Å². The molecule has 2 rings (SSSR count). The van der Waals surface area contributed by atoms with E-state index >= 15 is 0 Å². The number of carbonyl (C=O) groups excluding carboxylic acids is 2. The minimum Gasteiger partial charge on any atom is -0.349 e. The van der Waals surface area contributed by atoms with E-state index in [0.29, 0.717) is 25.9 Å². The molecule has 0 radical (unpaired) electrons. The highest BCUT2D eigenvalue weighted by atomic mass is 16.5. The monoisotopic (exact) mass is 247 g/mol. The highest BCUT2D eigenvalue weighted by Crippen LogP contribution is 2.16. The quantitative estimate of drug-likeness (QED) is 0.752. The number of aldehydes is 1. The van der Waals surface area contributed by atoms with Crippen LogP contribution in [0.1, 0.15) is 12.5 Å². The van der Waals surface area contributed by atoms with Crippen molar-refractivity contribution in [3.05, 3.63) is 35.9 Å². The number of ether oxygens (including phenoxy) is 1. The third-order valence-corrected chi connectivity index (χ3v) is 3.13. The Kier molecular flexibility index (Phi) is 4.10. The summed E-state index contributed by atoms with van der Waals surface area (Å²) in [5.41, 5.74) is 1.13. The van der Waals surface area contributed by atoms with Gasteiger partial charge >= 0.3 is 0 Å². The molecule has 2 atom stereocenters. The predicted octanol–water partition coefficient (Wildman–Crippen LogP) is 1.25. The first kappa shape index (κ1) is 12.8. The normalized spacial score (nSPS) is 20.7. The molecule has 1 aromatic carbocycles. The first-order chi connectivity index (χ1) is 8.72. The van der Waals surface area contributed by atoms with E-state index in [2.05, 4.69) is 0 Å². The molecule has 1 fully saturated rings. The molecule has 1 aromatic rings. The van der Waals surface area contributed by atoms with Crippen LogP contribution < -0.4 is 0 Å². The summed E-state index contributed by atoms with van der Waals surface area (Å²) in [7, 11) is 0. The third-order valence-electron chi connectivity index (χ3n) is 3.13. The van der Waals surface area contributed by atoms with Gasteiger partial charge < -0.3 is 9.64 Å². The Labute approximate surface area is 107 Å². The Morgan fingerprint density at radius 3 is 2.89 bits per heavy atom. The van der Waals surface area contributed by atoms with Crippen LogP contribution in [0.5, 0.6) is 0 Å². The molecule has 0 aliphatic carbocycles. The van der Waals surface area contributed by atoms with Gasteiger partial charge in [-0.3, -0.25) is 9.59 Å². The van der Waals surface area contributed by atoms with Crippen LogP contribution in [0.4, 0.5) is 0 Å². The summed E-state index contributed by atoms with van der Waals surface area (Å²) >= 11 is 0. The van der Waals surface area contributed by atoms with Crippen LogP contribution >= 0.6 is 0 Å². The van der Waals surface area contributed by atoms with E-state index in [1.807, 2.05) is 37.3 Å². The summed E-state index contributed by atoms with van der Waals surface area (Å²) in [6.45, 7) is 2.82. The second kappa shape index (κ2) is 5.78. The van der Waals surface area contributed by atoms with Crippen LogP contribution in [0.25, 0.3) is 0 Å². The topological polar surface area (TPSA) is 46.6 Å². The molecule has 0 bridgehead atoms. The van der Waals surface area contributed by atoms with Gasteiger partial charge in [-0.15, -0.1) is 0 Å². The van der Waals surface area contributed by atoms with Gasteiger partial charge in [0.2, 0.25) is 5.91 Å². The lowest BCUT2D eigenvalue weighted by Crippen LogP contribution is -2.40. The molecule has 96 valence electrons. The first-order valence-corrected chi connectivity index (χ1v) is 6.13. The maximum absolute atomic E-state index is 12.2. The van der Waals surface area contributed by atoms with E-state index in [1.54, 1.807) is 0 Å². The molecule has 18 heavy (non-hydrogen) atoms. The molecular formula is C14H17NO3. The molecule has 0 aromatic heterocycles. The molecule has 1 amide bonds. The largest absolute Gasteiger partial charge is 0.349 e. The standard InChI is InChI=1S/C14H17NO3/c1-11(9-12-5-3-2-4-6-12)14(17)15-7-8-18-13(15)10-16/h2-6,10-11,13H,7-9H2,1H3. The van der Waals surface area contributed by atoms with Gasteiger partial charge in [0.1, 0.15) is 0 Å². The van der Waals surface area contributed by atoms with Crippen LogP contribution in [0.2, 0.25) is 0 Å². The Bertz CT molecular complexity index is 418. The number of carbonyl (C=O) groups is 2. The molecule has 2 unspecified atom stereocenters. The lowest BCUT2D eigenvalue weighted by molar-refractivity contribution is -0.143. The fourth-order valence-corrected chi connectivity index (χ4v) is 2.18. The van der Waals surface area contributed by atoms with Crippen LogP contribution in [0, 0.1) is 5.92 Å². The van der Waals surface area contributed by atoms with Crippen molar-refractivity contribution in [2.24, 2.45) is 5.92 Å². The number of hydrogen-bond acceptors (Lipinski definition) is 3. The van der Waals surface area contributed by atoms with Crippen molar-refractivity contribution in [2.45, 2.75) is 19.6 Å². The molecule has 0 N–H and O–H groups in total. The van der Waals surface area contributed by atoms with Crippen molar-refractivity contribution in [1.82, 2.24) is 4.90 Å². The zero-order chi connectivity index (χ0) is 13.0. The van der Waals surface area contributed by atoms with E-state index in [-0.39, 0.29) is 11.8 Å². The minimum absolute atomic E-state index is 0.0200. The van der Waals surface area contributed by atoms with E-state index in [1.165, 1.54) is 4.90 Å². The van der Waals surface area contributed by atoms with Crippen molar-refractivity contribution >= 4 is 12.2 Å². The van der Waals surface area contributed by atoms with Gasteiger partial charge in [-0.05, 0) is 12.0 Å². The highest BCUT2D eigenvalue weighted by molar-refractivity contribution is 5.81. The maximum atomic E-state index is 12.2. The van der Waals surface area contributed by atoms with Gasteiger partial charge in [0.25, 0.3) is 0 Å². The number of hydrogen-bond donors (Lipinski definition) is 0. The lowest BCUT2D eigenvalue weighted by atomic mass is 10.00. The third kappa shape index (κ3) is 2.76. The van der Waals surface area contributed by atoms with Gasteiger partial charge in [0, 0.05) is 12.5 Å². The van der Waals surface area contributed by atoms with Gasteiger partial charge in [0.15, 0.2) is 12.5 Å². The van der Waals surface area contributed by atoms with Crippen LogP contribution in [-0.2, 0) is 20.7 Å². The van der Waals surface area contributed by atoms with Gasteiger partial charge in [-0.25, -0.2) is 0 Å². The summed E-state index contributed by atoms with van der Waals surface area (Å²) in [6, 6.07) is 9.87. The molecule has 0 spiro atoms. The van der Waals surface area contributed by atoms with Gasteiger partial charge in [-0.1, -0.05) is 37.3 Å². The first-order valence-electron chi connectivity index (χ1n) is 6.13. The summed E-state index contributed by atoms with van der Waals surface area (Å²) in [5, 5.41) is 0. The fourth-order valence-electron chi connectivity index (χ4n) is 2.18. The maximum Gasteiger partial charge on any atom is 0.228 e. The van der Waals surface area contributed by atoms with E-state index in [4.69, 9.17) is 4.74 Å². The SMILES string of the molecule is CC(Cc1ccccc1)C(=O)N1CCOC1C=O. The van der Waals surface area contributed by atoms with E-state index in [9.17, 15) is 9.59 Å². The Balaban J connectivity index is 1.98. The van der Waals surface area contributed by atoms with Gasteiger partial charge in [-0.2, -0.15) is 0 Å². The fraction of sp³-hybridized carbons (Fsp3) is 0.429. The zero-order valence-electron chi connectivity index (χ0n) is 10.4. The summed E-state index contributed by atoms with van der Waals surface area (Å²) < 4.78 is 5.17. The molecule has 1 aliphatic rings. The molecule has 1 saturated heterocycles. The second-order valence-electron chi connectivity index (χ2n) is 4.52. The molecular weight excluding hydrogens is 230 g/mol. The lowest BCUT2D eigenvalue weighted by Gasteiger charge is -2.22. The summed E-state index contributed by atoms with van der Waals surface area (Å²) in [6.07, 6.45) is 0.665. The average Bonchev–Trinajstić information content (AvgIpc) is 2.87. The van der Waals surface area contributed by atoms with Crippen LogP contribution in [0.3, 0.4) is 0 Å². The smallest absolute Gasteiger partial charge is 0.228 e. The Morgan fingerprint density at radius 2 is 2.22 bits per heavy atom. The number of rotatable bonds is 4.